The summed E-state index contributed by atoms with van der Waals surface area (Å²) in [6.07, 6.45) is 4.72. The van der Waals surface area contributed by atoms with E-state index >= 15 is 0 Å². The van der Waals surface area contributed by atoms with E-state index in [1.165, 1.54) is 16.5 Å². The van der Waals surface area contributed by atoms with Crippen molar-refractivity contribution in [2.45, 2.75) is 63.6 Å². The van der Waals surface area contributed by atoms with Crippen molar-refractivity contribution >= 4 is 39.7 Å². The maximum Gasteiger partial charge on any atom is 0 e. The fraction of sp³-hybridized carbons (Fsp3) is 0.270. The number of hydrogen-bond acceptors (Lipinski definition) is 4. The van der Waals surface area contributed by atoms with Crippen LogP contribution in [0.5, 0.6) is 0 Å². The molecule has 0 atom stereocenters. The molecule has 0 spiro atoms. The molecule has 2 aromatic carbocycles. The molecule has 0 amide bonds. The Kier molecular flexibility index (Phi) is 8.54. The summed E-state index contributed by atoms with van der Waals surface area (Å²) in [6, 6.07) is 21.7. The van der Waals surface area contributed by atoms with Crippen molar-refractivity contribution in [1.82, 2.24) is 15.0 Å². The average molecular weight is 830 g/mol. The first kappa shape index (κ1) is 27.1. The van der Waals surface area contributed by atoms with Crippen molar-refractivity contribution in [3.8, 4) is 22.5 Å². The minimum Gasteiger partial charge on any atom is 0 e. The molecular formula is C37H38FGeIrN3O-2. The zero-order valence-electron chi connectivity index (χ0n) is 30.9. The summed E-state index contributed by atoms with van der Waals surface area (Å²) < 4.78 is 59.6. The minimum absolute atomic E-state index is 0. The van der Waals surface area contributed by atoms with Crippen LogP contribution < -0.4 is 4.40 Å². The SMILES string of the molecule is [2H]C(C)(C)c1ccnc(-c2[c-]ccc3c2oc2ncc(F)cc23)c1.[2H]C([2H])([2H])c1c[c-]c(-c2cc(C([2H])(C)C)[c]([Ge]([CH3])([CH3])[CH3])cn2)cc1.[Ir]. The van der Waals surface area contributed by atoms with Crippen LogP contribution in [0.15, 0.2) is 77.6 Å². The van der Waals surface area contributed by atoms with Crippen LogP contribution in [0.2, 0.25) is 17.3 Å². The van der Waals surface area contributed by atoms with Gasteiger partial charge in [0.25, 0.3) is 0 Å². The fourth-order valence-electron chi connectivity index (χ4n) is 4.87. The predicted octanol–water partition coefficient (Wildman–Crippen LogP) is 9.63. The van der Waals surface area contributed by atoms with Crippen LogP contribution in [-0.2, 0) is 20.1 Å². The predicted molar refractivity (Wildman–Crippen MR) is 178 cm³/mol. The molecule has 229 valence electrons. The summed E-state index contributed by atoms with van der Waals surface area (Å²) in [5, 5.41) is 1.39. The topological polar surface area (TPSA) is 51.8 Å². The molecule has 4 aromatic heterocycles. The number of aryl methyl sites for hydroxylation is 1. The summed E-state index contributed by atoms with van der Waals surface area (Å²) in [5.74, 6) is 5.04. The Labute approximate surface area is 283 Å². The molecule has 0 N–H and O–H groups in total. The van der Waals surface area contributed by atoms with Crippen molar-refractivity contribution < 1.29 is 35.8 Å². The Hall–Kier alpha value is -3.19. The van der Waals surface area contributed by atoms with Crippen LogP contribution in [0.3, 0.4) is 0 Å². The zero-order chi connectivity index (χ0) is 35.2. The van der Waals surface area contributed by atoms with Crippen LogP contribution in [0, 0.1) is 24.8 Å². The molecule has 44 heavy (non-hydrogen) atoms. The Morgan fingerprint density at radius 2 is 1.68 bits per heavy atom. The third-order valence-electron chi connectivity index (χ3n) is 7.19. The number of pyridine rings is 3. The normalized spacial score (nSPS) is 14.0. The molecule has 4 heterocycles. The Bertz CT molecular complexity index is 2100. The maximum absolute atomic E-state index is 13.5. The molecule has 0 saturated carbocycles. The second-order valence-corrected chi connectivity index (χ2v) is 22.6. The standard InChI is InChI=1S/C19H14FN2O.C18H24GeN.Ir/c1-11(2)12-6-7-21-17(8-12)15-5-3-4-14-16-9-13(20)10-22-19(16)23-18(14)15;1-13(2)16-11-18(15-9-7-14(3)8-10-15)20-12-17(16)19(4,5)6;/h3-4,6-11H,1-2H3;7-9,11-13H,1-6H3;/q2*-1;/i11D;3D3,13D;. The van der Waals surface area contributed by atoms with E-state index in [0.29, 0.717) is 27.9 Å². The molecule has 0 aliphatic rings. The van der Waals surface area contributed by atoms with Crippen LogP contribution in [-0.4, -0.2) is 28.2 Å². The van der Waals surface area contributed by atoms with E-state index in [2.05, 4.69) is 44.4 Å². The Balaban J connectivity index is 0.000000216. The van der Waals surface area contributed by atoms with Gasteiger partial charge in [0.1, 0.15) is 5.82 Å². The number of fused-ring (bicyclic) bond motifs is 3. The second kappa shape index (κ2) is 13.8. The number of hydrogen-bond donors (Lipinski definition) is 0. The average Bonchev–Trinajstić information content (AvgIpc) is 3.37. The van der Waals surface area contributed by atoms with E-state index in [0.717, 1.165) is 34.0 Å². The van der Waals surface area contributed by atoms with Gasteiger partial charge in [0, 0.05) is 33.1 Å². The number of halogens is 1. The first-order valence-electron chi connectivity index (χ1n) is 16.6. The largest absolute Gasteiger partial charge is 0 e. The first-order chi connectivity index (χ1) is 22.2. The number of furan rings is 1. The molecular weight excluding hydrogens is 786 g/mol. The molecule has 6 aromatic rings. The van der Waals surface area contributed by atoms with Crippen LogP contribution >= 0.6 is 0 Å². The van der Waals surface area contributed by atoms with Gasteiger partial charge in [-0.25, -0.2) is 9.37 Å². The summed E-state index contributed by atoms with van der Waals surface area (Å²) in [6.45, 7) is 5.31. The number of nitrogens with zero attached hydrogens (tertiary/aromatic N) is 3. The van der Waals surface area contributed by atoms with Gasteiger partial charge < -0.3 is 9.40 Å². The van der Waals surface area contributed by atoms with Gasteiger partial charge in [0.2, 0.25) is 5.71 Å². The second-order valence-electron chi connectivity index (χ2n) is 12.0. The monoisotopic (exact) mass is 831 g/mol. The molecule has 4 nitrogen and oxygen atoms in total. The van der Waals surface area contributed by atoms with Crippen LogP contribution in [0.25, 0.3) is 44.6 Å². The van der Waals surface area contributed by atoms with E-state index in [9.17, 15) is 4.39 Å². The quantitative estimate of drug-likeness (QED) is 0.128. The van der Waals surface area contributed by atoms with Crippen molar-refractivity contribution in [3.05, 3.63) is 108 Å². The summed E-state index contributed by atoms with van der Waals surface area (Å²) in [4.78, 5) is 13.0. The van der Waals surface area contributed by atoms with Gasteiger partial charge in [-0.1, -0.05) is 36.4 Å². The maximum atomic E-state index is 13.5. The van der Waals surface area contributed by atoms with Crippen molar-refractivity contribution in [3.63, 3.8) is 0 Å². The van der Waals surface area contributed by atoms with Crippen molar-refractivity contribution in [2.24, 2.45) is 0 Å². The number of rotatable bonds is 5. The van der Waals surface area contributed by atoms with E-state index in [-0.39, 0.29) is 25.7 Å². The van der Waals surface area contributed by atoms with Gasteiger partial charge in [-0.3, -0.25) is 0 Å². The van der Waals surface area contributed by atoms with Crippen LogP contribution in [0.1, 0.15) is 63.0 Å². The Morgan fingerprint density at radius 1 is 0.886 bits per heavy atom. The van der Waals surface area contributed by atoms with Gasteiger partial charge in [-0.2, -0.15) is 0 Å². The fourth-order valence-corrected chi connectivity index (χ4v) is 8.19. The van der Waals surface area contributed by atoms with Gasteiger partial charge in [-0.15, -0.1) is 18.2 Å². The molecule has 1 radical (unpaired) electrons. The van der Waals surface area contributed by atoms with Gasteiger partial charge in [0.05, 0.1) is 11.8 Å². The Morgan fingerprint density at radius 3 is 2.34 bits per heavy atom. The molecule has 0 bridgehead atoms. The van der Waals surface area contributed by atoms with E-state index in [4.69, 9.17) is 11.3 Å². The zero-order valence-corrected chi connectivity index (χ0v) is 30.4. The third-order valence-corrected chi connectivity index (χ3v) is 11.4. The van der Waals surface area contributed by atoms with E-state index in [1.807, 2.05) is 58.2 Å². The summed E-state index contributed by atoms with van der Waals surface area (Å²) in [7, 11) is 0. The molecule has 0 aliphatic carbocycles. The molecule has 0 unspecified atom stereocenters. The molecule has 0 saturated heterocycles. The van der Waals surface area contributed by atoms with E-state index < -0.39 is 37.7 Å². The molecule has 0 fully saturated rings. The van der Waals surface area contributed by atoms with Gasteiger partial charge >= 0.3 is 131 Å². The summed E-state index contributed by atoms with van der Waals surface area (Å²) in [5.41, 5.74) is 5.90. The molecule has 6 rings (SSSR count). The number of benzene rings is 2. The minimum atomic E-state index is -2.14. The van der Waals surface area contributed by atoms with Crippen molar-refractivity contribution in [2.75, 3.05) is 0 Å². The molecule has 7 heteroatoms. The van der Waals surface area contributed by atoms with E-state index in [1.54, 1.807) is 24.4 Å². The number of aromatic nitrogens is 3. The molecule has 0 aliphatic heterocycles. The van der Waals surface area contributed by atoms with Gasteiger partial charge in [-0.05, 0) is 23.7 Å². The summed E-state index contributed by atoms with van der Waals surface area (Å²) >= 11 is -2.14. The smallest absolute Gasteiger partial charge is 0 e. The van der Waals surface area contributed by atoms with Gasteiger partial charge in [0.15, 0.2) is 0 Å². The third kappa shape index (κ3) is 7.36. The first-order valence-corrected chi connectivity index (χ1v) is 21.5. The van der Waals surface area contributed by atoms with Crippen molar-refractivity contribution in [1.29, 1.82) is 0 Å². The van der Waals surface area contributed by atoms with Crippen LogP contribution in [0.4, 0.5) is 4.39 Å².